The first-order valence-electron chi connectivity index (χ1n) is 19.1. The van der Waals surface area contributed by atoms with Crippen molar-refractivity contribution in [3.8, 4) is 50.8 Å². The monoisotopic (exact) mass is 747 g/mol. The molecule has 4 aromatic heterocycles. The third kappa shape index (κ3) is 5.86. The van der Waals surface area contributed by atoms with Crippen LogP contribution in [-0.2, 0) is 6.42 Å². The Morgan fingerprint density at radius 1 is 0.439 bits per heavy atom. The van der Waals surface area contributed by atoms with Gasteiger partial charge < -0.3 is 4.57 Å². The lowest BCUT2D eigenvalue weighted by Crippen LogP contribution is -2.05. The number of nitrogens with zero attached hydrogens (tertiary/aromatic N) is 5. The van der Waals surface area contributed by atoms with Crippen LogP contribution >= 0.6 is 11.3 Å². The quantitative estimate of drug-likeness (QED) is 0.163. The second-order valence-corrected chi connectivity index (χ2v) is 15.3. The van der Waals surface area contributed by atoms with Crippen LogP contribution in [-0.4, -0.2) is 24.5 Å². The van der Waals surface area contributed by atoms with E-state index in [2.05, 4.69) is 120 Å². The molecule has 7 aromatic carbocycles. The Morgan fingerprint density at radius 3 is 1.77 bits per heavy atom. The number of hydrogen-bond donors (Lipinski definition) is 0. The van der Waals surface area contributed by atoms with Gasteiger partial charge in [0.05, 0.1) is 16.7 Å². The van der Waals surface area contributed by atoms with Gasteiger partial charge in [-0.3, -0.25) is 4.98 Å². The summed E-state index contributed by atoms with van der Waals surface area (Å²) in [5.74, 6) is 2.00. The van der Waals surface area contributed by atoms with Gasteiger partial charge in [0.15, 0.2) is 11.6 Å². The normalized spacial score (nSPS) is 11.6. The topological polar surface area (TPSA) is 56.5 Å². The largest absolute Gasteiger partial charge is 0.309 e. The van der Waals surface area contributed by atoms with Gasteiger partial charge >= 0.3 is 0 Å². The van der Waals surface area contributed by atoms with E-state index < -0.39 is 0 Å². The van der Waals surface area contributed by atoms with Gasteiger partial charge in [-0.1, -0.05) is 140 Å². The van der Waals surface area contributed by atoms with Gasteiger partial charge in [0, 0.05) is 71.5 Å². The predicted octanol–water partition coefficient (Wildman–Crippen LogP) is 13.0. The number of fused-ring (bicyclic) bond motifs is 7. The van der Waals surface area contributed by atoms with Crippen molar-refractivity contribution >= 4 is 53.3 Å². The summed E-state index contributed by atoms with van der Waals surface area (Å²) in [6.07, 6.45) is 2.47. The molecule has 0 N–H and O–H groups in total. The first kappa shape index (κ1) is 33.1. The Balaban J connectivity index is 1.08. The summed E-state index contributed by atoms with van der Waals surface area (Å²) in [7, 11) is 0. The number of thiophene rings is 1. The Hall–Kier alpha value is -7.28. The standard InChI is InChI=1S/C51H33N5S/c1-5-15-33(16-6-1)38-29-37(31-46-53-50(34-17-7-2-8-18-34)55-51(54-46)35-19-9-3-10-20-35)49(52-32-38)36-25-26-41-45(30-36)57-44-28-27-43-47(48(41)44)40-23-13-14-24-42(40)56(43)39-21-11-4-12-22-39/h1-30,32H,31H2. The third-order valence-electron chi connectivity index (χ3n) is 10.7. The second kappa shape index (κ2) is 13.8. The molecule has 0 bridgehead atoms. The van der Waals surface area contributed by atoms with Crippen LogP contribution < -0.4 is 0 Å². The van der Waals surface area contributed by atoms with Crippen LogP contribution in [0.1, 0.15) is 11.4 Å². The molecule has 0 aliphatic carbocycles. The summed E-state index contributed by atoms with van der Waals surface area (Å²) >= 11 is 1.84. The fourth-order valence-corrected chi connectivity index (χ4v) is 9.28. The molecule has 4 heterocycles. The summed E-state index contributed by atoms with van der Waals surface area (Å²) in [5, 5.41) is 5.09. The Labute approximate surface area is 333 Å². The highest BCUT2D eigenvalue weighted by molar-refractivity contribution is 7.26. The Kier molecular flexibility index (Phi) is 8.00. The molecule has 0 saturated heterocycles. The maximum atomic E-state index is 5.20. The molecule has 57 heavy (non-hydrogen) atoms. The maximum Gasteiger partial charge on any atom is 0.163 e. The summed E-state index contributed by atoms with van der Waals surface area (Å²) in [6, 6.07) is 63.8. The third-order valence-corrected chi connectivity index (χ3v) is 11.8. The van der Waals surface area contributed by atoms with Crippen molar-refractivity contribution in [3.05, 3.63) is 200 Å². The van der Waals surface area contributed by atoms with Gasteiger partial charge in [0.2, 0.25) is 0 Å². The zero-order chi connectivity index (χ0) is 37.7. The van der Waals surface area contributed by atoms with Crippen molar-refractivity contribution < 1.29 is 0 Å². The number of aromatic nitrogens is 5. The van der Waals surface area contributed by atoms with E-state index in [1.807, 2.05) is 84.3 Å². The molecule has 0 saturated carbocycles. The van der Waals surface area contributed by atoms with Crippen LogP contribution in [0.3, 0.4) is 0 Å². The van der Waals surface area contributed by atoms with E-state index >= 15 is 0 Å². The van der Waals surface area contributed by atoms with Crippen molar-refractivity contribution in [2.75, 3.05) is 0 Å². The molecule has 268 valence electrons. The van der Waals surface area contributed by atoms with E-state index in [1.54, 1.807) is 0 Å². The minimum Gasteiger partial charge on any atom is -0.309 e. The molecular weight excluding hydrogens is 715 g/mol. The predicted molar refractivity (Wildman–Crippen MR) is 236 cm³/mol. The van der Waals surface area contributed by atoms with Crippen LogP contribution in [0, 0.1) is 0 Å². The Bertz CT molecular complexity index is 3190. The van der Waals surface area contributed by atoms with Crippen LogP contribution in [0.5, 0.6) is 0 Å². The number of benzene rings is 7. The van der Waals surface area contributed by atoms with Gasteiger partial charge in [-0.2, -0.15) is 0 Å². The average Bonchev–Trinajstić information content (AvgIpc) is 3.83. The highest BCUT2D eigenvalue weighted by atomic mass is 32.1. The number of hydrogen-bond acceptors (Lipinski definition) is 5. The fraction of sp³-hybridized carbons (Fsp3) is 0.0196. The number of para-hydroxylation sites is 2. The summed E-state index contributed by atoms with van der Waals surface area (Å²) in [5.41, 5.74) is 10.7. The zero-order valence-electron chi connectivity index (χ0n) is 30.7. The molecule has 0 amide bonds. The molecule has 0 atom stereocenters. The molecule has 5 nitrogen and oxygen atoms in total. The lowest BCUT2D eigenvalue weighted by atomic mass is 9.97. The van der Waals surface area contributed by atoms with E-state index in [0.29, 0.717) is 23.9 Å². The van der Waals surface area contributed by atoms with E-state index in [0.717, 1.165) is 44.8 Å². The first-order chi connectivity index (χ1) is 28.2. The summed E-state index contributed by atoms with van der Waals surface area (Å²) < 4.78 is 4.88. The number of rotatable bonds is 7. The average molecular weight is 748 g/mol. The van der Waals surface area contributed by atoms with E-state index in [-0.39, 0.29) is 0 Å². The van der Waals surface area contributed by atoms with Gasteiger partial charge in [-0.05, 0) is 53.6 Å². The Morgan fingerprint density at radius 2 is 1.07 bits per heavy atom. The van der Waals surface area contributed by atoms with Crippen molar-refractivity contribution in [2.24, 2.45) is 0 Å². The fourth-order valence-electron chi connectivity index (χ4n) is 8.12. The van der Waals surface area contributed by atoms with Crippen LogP contribution in [0.4, 0.5) is 0 Å². The van der Waals surface area contributed by atoms with E-state index in [4.69, 9.17) is 19.9 Å². The molecule has 11 aromatic rings. The minimum absolute atomic E-state index is 0.481. The summed E-state index contributed by atoms with van der Waals surface area (Å²) in [6.45, 7) is 0. The van der Waals surface area contributed by atoms with Gasteiger partial charge in [-0.15, -0.1) is 11.3 Å². The molecule has 0 spiro atoms. The van der Waals surface area contributed by atoms with Crippen LogP contribution in [0.25, 0.3) is 92.8 Å². The van der Waals surface area contributed by atoms with Gasteiger partial charge in [0.25, 0.3) is 0 Å². The van der Waals surface area contributed by atoms with Crippen LogP contribution in [0.15, 0.2) is 188 Å². The SMILES string of the molecule is c1ccc(-c2cnc(-c3ccc4c(c3)sc3ccc5c(c6ccccc6n5-c5ccccc5)c34)c(Cc3nc(-c4ccccc4)nc(-c4ccccc4)n3)c2)cc1. The summed E-state index contributed by atoms with van der Waals surface area (Å²) in [4.78, 5) is 20.3. The molecule has 0 aliphatic rings. The smallest absolute Gasteiger partial charge is 0.163 e. The molecule has 11 rings (SSSR count). The molecule has 0 fully saturated rings. The van der Waals surface area contributed by atoms with E-state index in [9.17, 15) is 0 Å². The van der Waals surface area contributed by atoms with Gasteiger partial charge in [-0.25, -0.2) is 15.0 Å². The lowest BCUT2D eigenvalue weighted by Gasteiger charge is -2.13. The maximum absolute atomic E-state index is 5.20. The minimum atomic E-state index is 0.481. The molecule has 0 aliphatic heterocycles. The molecular formula is C51H33N5S. The van der Waals surface area contributed by atoms with Crippen molar-refractivity contribution in [1.82, 2.24) is 24.5 Å². The number of pyridine rings is 1. The highest BCUT2D eigenvalue weighted by Gasteiger charge is 2.20. The second-order valence-electron chi connectivity index (χ2n) is 14.2. The lowest BCUT2D eigenvalue weighted by molar-refractivity contribution is 0.930. The van der Waals surface area contributed by atoms with E-state index in [1.165, 1.54) is 42.0 Å². The highest BCUT2D eigenvalue weighted by Crippen LogP contribution is 2.44. The molecule has 0 unspecified atom stereocenters. The molecule has 0 radical (unpaired) electrons. The molecule has 6 heteroatoms. The van der Waals surface area contributed by atoms with Crippen molar-refractivity contribution in [2.45, 2.75) is 6.42 Å². The van der Waals surface area contributed by atoms with Gasteiger partial charge in [0.1, 0.15) is 5.82 Å². The zero-order valence-corrected chi connectivity index (χ0v) is 31.6. The van der Waals surface area contributed by atoms with Crippen LogP contribution in [0.2, 0.25) is 0 Å². The van der Waals surface area contributed by atoms with Crippen molar-refractivity contribution in [3.63, 3.8) is 0 Å². The first-order valence-corrected chi connectivity index (χ1v) is 19.9. The van der Waals surface area contributed by atoms with Crippen molar-refractivity contribution in [1.29, 1.82) is 0 Å².